The van der Waals surface area contributed by atoms with E-state index in [2.05, 4.69) is 108 Å². The number of rotatable bonds is 3. The molecule has 40 heavy (non-hydrogen) atoms. The molecule has 190 valence electrons. The first-order valence-corrected chi connectivity index (χ1v) is 13.8. The Bertz CT molecular complexity index is 2040. The van der Waals surface area contributed by atoms with E-state index in [-0.39, 0.29) is 0 Å². The van der Waals surface area contributed by atoms with E-state index in [1.54, 1.807) is 0 Å². The molecule has 8 rings (SSSR count). The van der Waals surface area contributed by atoms with Gasteiger partial charge in [0, 0.05) is 22.2 Å². The molecule has 0 aliphatic heterocycles. The van der Waals surface area contributed by atoms with Gasteiger partial charge in [0.25, 0.3) is 0 Å². The van der Waals surface area contributed by atoms with Crippen LogP contribution in [0.4, 0.5) is 0 Å². The molecule has 2 N–H and O–H groups in total. The summed E-state index contributed by atoms with van der Waals surface area (Å²) in [6.45, 7) is 4.44. The van der Waals surface area contributed by atoms with Gasteiger partial charge in [0.1, 0.15) is 5.82 Å². The van der Waals surface area contributed by atoms with Crippen molar-refractivity contribution in [2.24, 2.45) is 10.7 Å². The molecule has 4 aromatic carbocycles. The fraction of sp³-hybridized carbons (Fsp3) is 0.0541. The average molecular weight is 514 g/mol. The van der Waals surface area contributed by atoms with Gasteiger partial charge in [-0.3, -0.25) is 4.57 Å². The predicted molar refractivity (Wildman–Crippen MR) is 170 cm³/mol. The lowest BCUT2D eigenvalue weighted by atomic mass is 9.93. The summed E-state index contributed by atoms with van der Waals surface area (Å²) in [7, 11) is 0. The Morgan fingerprint density at radius 3 is 2.35 bits per heavy atom. The van der Waals surface area contributed by atoms with E-state index in [1.165, 1.54) is 44.3 Å². The number of para-hydroxylation sites is 1. The fourth-order valence-corrected chi connectivity index (χ4v) is 6.64. The molecule has 0 saturated carbocycles. The Morgan fingerprint density at radius 1 is 0.750 bits per heavy atom. The predicted octanol–water partition coefficient (Wildman–Crippen LogP) is 8.77. The van der Waals surface area contributed by atoms with Crippen molar-refractivity contribution in [3.8, 4) is 22.3 Å². The topological polar surface area (TPSA) is 43.3 Å². The van der Waals surface area contributed by atoms with Crippen molar-refractivity contribution in [3.63, 3.8) is 0 Å². The third-order valence-electron chi connectivity index (χ3n) is 8.40. The molecule has 3 aliphatic carbocycles. The van der Waals surface area contributed by atoms with Crippen LogP contribution in [0.5, 0.6) is 0 Å². The second-order valence-corrected chi connectivity index (χ2v) is 10.6. The summed E-state index contributed by atoms with van der Waals surface area (Å²) < 4.78 is 2.18. The highest BCUT2D eigenvalue weighted by Crippen LogP contribution is 2.48. The maximum absolute atomic E-state index is 7.01. The number of nitrogens with zero attached hydrogens (tertiary/aromatic N) is 2. The lowest BCUT2D eigenvalue weighted by molar-refractivity contribution is 0.970. The van der Waals surface area contributed by atoms with E-state index in [4.69, 9.17) is 10.7 Å². The Kier molecular flexibility index (Phi) is 4.95. The second-order valence-electron chi connectivity index (χ2n) is 10.6. The number of fused-ring (bicyclic) bond motifs is 6. The Hall–Kier alpha value is -5.15. The molecule has 3 aliphatic rings. The fourth-order valence-electron chi connectivity index (χ4n) is 6.64. The Labute approximate surface area is 233 Å². The van der Waals surface area contributed by atoms with Crippen molar-refractivity contribution in [2.75, 3.05) is 0 Å². The van der Waals surface area contributed by atoms with E-state index in [1.807, 2.05) is 18.2 Å². The molecular weight excluding hydrogens is 486 g/mol. The van der Waals surface area contributed by atoms with E-state index >= 15 is 0 Å². The normalized spacial score (nSPS) is 17.1. The molecule has 0 amide bonds. The first-order valence-electron chi connectivity index (χ1n) is 13.8. The summed E-state index contributed by atoms with van der Waals surface area (Å²) in [6, 6.07) is 28.0. The summed E-state index contributed by atoms with van der Waals surface area (Å²) in [6.07, 6.45) is 14.6. The van der Waals surface area contributed by atoms with Crippen LogP contribution in [-0.2, 0) is 6.42 Å². The van der Waals surface area contributed by atoms with Crippen LogP contribution in [0, 0.1) is 0 Å². The van der Waals surface area contributed by atoms with Crippen molar-refractivity contribution in [2.45, 2.75) is 12.8 Å². The summed E-state index contributed by atoms with van der Waals surface area (Å²) in [5, 5.41) is 3.69. The average Bonchev–Trinajstić information content (AvgIpc) is 3.52. The maximum Gasteiger partial charge on any atom is 0.131 e. The molecule has 0 atom stereocenters. The molecule has 0 spiro atoms. The monoisotopic (exact) mass is 513 g/mol. The van der Waals surface area contributed by atoms with E-state index in [0.29, 0.717) is 11.5 Å². The van der Waals surface area contributed by atoms with Gasteiger partial charge >= 0.3 is 0 Å². The minimum Gasteiger partial charge on any atom is -0.398 e. The largest absolute Gasteiger partial charge is 0.398 e. The van der Waals surface area contributed by atoms with Crippen molar-refractivity contribution >= 4 is 45.0 Å². The smallest absolute Gasteiger partial charge is 0.131 e. The van der Waals surface area contributed by atoms with E-state index < -0.39 is 0 Å². The highest BCUT2D eigenvalue weighted by Gasteiger charge is 2.24. The number of aryl methyl sites for hydroxylation is 1. The first-order chi connectivity index (χ1) is 19.7. The molecule has 5 aromatic rings. The Morgan fingerprint density at radius 2 is 1.48 bits per heavy atom. The third kappa shape index (κ3) is 3.21. The minimum atomic E-state index is 0.681. The van der Waals surface area contributed by atoms with Crippen LogP contribution in [0.1, 0.15) is 23.2 Å². The molecule has 3 heteroatoms. The number of aliphatic imine (C=N–C) groups is 1. The number of allylic oxidation sites excluding steroid dienone is 6. The number of aromatic nitrogens is 1. The SMILES string of the molecule is C=C(/N=C1/C=CC=C/C1=C(/N)c1ccc2c3c(cccc13)-c1ccccc1-2)n1c2c(c3ccccc31)CCC=C2. The highest BCUT2D eigenvalue weighted by atomic mass is 15.1. The summed E-state index contributed by atoms with van der Waals surface area (Å²) in [4.78, 5) is 5.10. The van der Waals surface area contributed by atoms with Crippen LogP contribution in [0.25, 0.3) is 61.5 Å². The lowest BCUT2D eigenvalue weighted by Gasteiger charge is -2.16. The van der Waals surface area contributed by atoms with Crippen LogP contribution in [0.2, 0.25) is 0 Å². The van der Waals surface area contributed by atoms with Crippen LogP contribution in [0.3, 0.4) is 0 Å². The molecule has 1 heterocycles. The van der Waals surface area contributed by atoms with E-state index in [0.717, 1.165) is 40.6 Å². The van der Waals surface area contributed by atoms with Crippen LogP contribution < -0.4 is 5.73 Å². The zero-order valence-electron chi connectivity index (χ0n) is 22.1. The van der Waals surface area contributed by atoms with Crippen LogP contribution in [-0.4, -0.2) is 10.3 Å². The van der Waals surface area contributed by atoms with Gasteiger partial charge in [0.2, 0.25) is 0 Å². The van der Waals surface area contributed by atoms with Gasteiger partial charge in [0.05, 0.1) is 16.9 Å². The second kappa shape index (κ2) is 8.69. The summed E-state index contributed by atoms with van der Waals surface area (Å²) in [5.41, 5.74) is 19.2. The molecule has 0 radical (unpaired) electrons. The summed E-state index contributed by atoms with van der Waals surface area (Å²) in [5.74, 6) is 0.681. The van der Waals surface area contributed by atoms with Crippen LogP contribution in [0.15, 0.2) is 126 Å². The molecule has 0 fully saturated rings. The first kappa shape index (κ1) is 22.8. The third-order valence-corrected chi connectivity index (χ3v) is 8.40. The lowest BCUT2D eigenvalue weighted by Crippen LogP contribution is -2.11. The summed E-state index contributed by atoms with van der Waals surface area (Å²) >= 11 is 0. The van der Waals surface area contributed by atoms with Gasteiger partial charge in [-0.25, -0.2) is 4.99 Å². The van der Waals surface area contributed by atoms with Gasteiger partial charge in [0.15, 0.2) is 0 Å². The van der Waals surface area contributed by atoms with Gasteiger partial charge in [-0.15, -0.1) is 0 Å². The molecule has 3 nitrogen and oxygen atoms in total. The number of nitrogens with two attached hydrogens (primary N) is 1. The van der Waals surface area contributed by atoms with Gasteiger partial charge in [-0.1, -0.05) is 104 Å². The molecule has 0 bridgehead atoms. The van der Waals surface area contributed by atoms with Crippen LogP contribution >= 0.6 is 0 Å². The molecular formula is C37H27N3. The molecule has 0 unspecified atom stereocenters. The zero-order chi connectivity index (χ0) is 26.8. The highest BCUT2D eigenvalue weighted by molar-refractivity contribution is 6.21. The van der Waals surface area contributed by atoms with Gasteiger partial charge < -0.3 is 5.73 Å². The number of hydrogen-bond acceptors (Lipinski definition) is 2. The molecule has 0 saturated heterocycles. The van der Waals surface area contributed by atoms with Gasteiger partial charge in [-0.2, -0.15) is 0 Å². The van der Waals surface area contributed by atoms with Crippen molar-refractivity contribution in [3.05, 3.63) is 138 Å². The van der Waals surface area contributed by atoms with Crippen molar-refractivity contribution in [1.29, 1.82) is 0 Å². The van der Waals surface area contributed by atoms with Gasteiger partial charge in [-0.05, 0) is 69.6 Å². The van der Waals surface area contributed by atoms with E-state index in [9.17, 15) is 0 Å². The molecule has 1 aromatic heterocycles. The number of hydrogen-bond donors (Lipinski definition) is 1. The zero-order valence-corrected chi connectivity index (χ0v) is 22.1. The Balaban J connectivity index is 1.28. The van der Waals surface area contributed by atoms with Crippen molar-refractivity contribution in [1.82, 2.24) is 4.57 Å². The quantitative estimate of drug-likeness (QED) is 0.252. The number of benzene rings is 4. The van der Waals surface area contributed by atoms with Crippen molar-refractivity contribution < 1.29 is 0 Å². The minimum absolute atomic E-state index is 0.681. The maximum atomic E-state index is 7.01. The standard InChI is InChI=1S/C37H27N3/c1-23(40-34-19-8-5-13-26(34)27-14-6-9-20-35(27)40)39-33-18-7-4-15-32(33)37(38)31-22-21-30-25-12-3-2-11-24(25)28-16-10-17-29(31)36(28)30/h2-5,7-13,15-22H,1,6,14,38H2/b37-32-,39-33-.